The Morgan fingerprint density at radius 3 is 2.72 bits per heavy atom. The Balaban J connectivity index is 2.66. The molecule has 0 fully saturated rings. The number of hydrogen-bond acceptors (Lipinski definition) is 3. The Morgan fingerprint density at radius 2 is 2.17 bits per heavy atom. The van der Waals surface area contributed by atoms with Crippen LogP contribution >= 0.6 is 0 Å². The quantitative estimate of drug-likeness (QED) is 0.709. The number of carbonyl (C=O) groups excluding carboxylic acids is 1. The molecule has 1 atom stereocenters. The normalized spacial score (nSPS) is 13.4. The molecule has 1 aromatic heterocycles. The molecule has 0 spiro atoms. The van der Waals surface area contributed by atoms with Crippen LogP contribution in [-0.4, -0.2) is 46.1 Å². The molecule has 1 aromatic rings. The van der Waals surface area contributed by atoms with Crippen LogP contribution in [0, 0.1) is 0 Å². The SMILES string of the molecule is O=C(NCC(O)CO)c1cccn1CC(F)(F)F. The van der Waals surface area contributed by atoms with Gasteiger partial charge in [0.2, 0.25) is 0 Å². The average molecular weight is 266 g/mol. The van der Waals surface area contributed by atoms with Gasteiger partial charge in [-0.15, -0.1) is 0 Å². The zero-order valence-corrected chi connectivity index (χ0v) is 9.31. The molecule has 5 nitrogen and oxygen atoms in total. The molecule has 1 unspecified atom stereocenters. The largest absolute Gasteiger partial charge is 0.406 e. The fraction of sp³-hybridized carbons (Fsp3) is 0.500. The second kappa shape index (κ2) is 5.87. The van der Waals surface area contributed by atoms with Gasteiger partial charge in [-0.25, -0.2) is 0 Å². The van der Waals surface area contributed by atoms with Gasteiger partial charge in [0.1, 0.15) is 12.2 Å². The molecule has 0 radical (unpaired) electrons. The Labute approximate surface area is 101 Å². The van der Waals surface area contributed by atoms with Gasteiger partial charge < -0.3 is 20.1 Å². The van der Waals surface area contributed by atoms with Gasteiger partial charge in [-0.3, -0.25) is 4.79 Å². The Hall–Kier alpha value is -1.54. The number of nitrogens with one attached hydrogen (secondary N) is 1. The van der Waals surface area contributed by atoms with Gasteiger partial charge in [0, 0.05) is 12.7 Å². The van der Waals surface area contributed by atoms with Crippen molar-refractivity contribution in [2.75, 3.05) is 13.2 Å². The molecular formula is C10H13F3N2O3. The second-order valence-corrected chi connectivity index (χ2v) is 3.68. The van der Waals surface area contributed by atoms with Crippen LogP contribution in [0.2, 0.25) is 0 Å². The van der Waals surface area contributed by atoms with Crippen molar-refractivity contribution in [1.82, 2.24) is 9.88 Å². The van der Waals surface area contributed by atoms with E-state index in [4.69, 9.17) is 10.2 Å². The van der Waals surface area contributed by atoms with E-state index in [1.165, 1.54) is 12.1 Å². The minimum atomic E-state index is -4.42. The molecule has 0 aliphatic heterocycles. The fourth-order valence-electron chi connectivity index (χ4n) is 1.32. The Kier molecular flexibility index (Phi) is 4.74. The molecule has 18 heavy (non-hydrogen) atoms. The van der Waals surface area contributed by atoms with E-state index in [-0.39, 0.29) is 12.2 Å². The lowest BCUT2D eigenvalue weighted by Gasteiger charge is -2.13. The molecule has 1 rings (SSSR count). The molecule has 0 saturated heterocycles. The molecule has 1 amide bonds. The highest BCUT2D eigenvalue weighted by atomic mass is 19.4. The predicted octanol–water partition coefficient (Wildman–Crippen LogP) is 0.133. The third-order valence-electron chi connectivity index (χ3n) is 2.12. The number of hydrogen-bond donors (Lipinski definition) is 3. The van der Waals surface area contributed by atoms with Crippen molar-refractivity contribution < 1.29 is 28.2 Å². The zero-order chi connectivity index (χ0) is 13.8. The minimum absolute atomic E-state index is 0.155. The summed E-state index contributed by atoms with van der Waals surface area (Å²) < 4.78 is 37.4. The molecule has 0 aliphatic carbocycles. The highest BCUT2D eigenvalue weighted by Crippen LogP contribution is 2.18. The van der Waals surface area contributed by atoms with Crippen molar-refractivity contribution in [3.8, 4) is 0 Å². The van der Waals surface area contributed by atoms with E-state index in [2.05, 4.69) is 5.32 Å². The lowest BCUT2D eigenvalue weighted by Crippen LogP contribution is -2.35. The Bertz CT molecular complexity index is 403. The predicted molar refractivity (Wildman–Crippen MR) is 55.9 cm³/mol. The smallest absolute Gasteiger partial charge is 0.394 e. The third kappa shape index (κ3) is 4.38. The van der Waals surface area contributed by atoms with Crippen LogP contribution in [0.3, 0.4) is 0 Å². The molecule has 0 saturated carbocycles. The maximum Gasteiger partial charge on any atom is 0.406 e. The van der Waals surface area contributed by atoms with E-state index in [1.54, 1.807) is 0 Å². The van der Waals surface area contributed by atoms with Gasteiger partial charge in [-0.1, -0.05) is 0 Å². The number of aromatic nitrogens is 1. The van der Waals surface area contributed by atoms with Crippen LogP contribution in [0.25, 0.3) is 0 Å². The van der Waals surface area contributed by atoms with E-state index in [0.29, 0.717) is 0 Å². The maximum atomic E-state index is 12.2. The highest BCUT2D eigenvalue weighted by molar-refractivity contribution is 5.92. The number of aliphatic hydroxyl groups excluding tert-OH is 2. The van der Waals surface area contributed by atoms with Crippen LogP contribution < -0.4 is 5.32 Å². The average Bonchev–Trinajstić information content (AvgIpc) is 2.70. The van der Waals surface area contributed by atoms with Gasteiger partial charge in [-0.05, 0) is 12.1 Å². The summed E-state index contributed by atoms with van der Waals surface area (Å²) in [6, 6.07) is 2.57. The monoisotopic (exact) mass is 266 g/mol. The van der Waals surface area contributed by atoms with Crippen molar-refractivity contribution in [1.29, 1.82) is 0 Å². The van der Waals surface area contributed by atoms with E-state index >= 15 is 0 Å². The summed E-state index contributed by atoms with van der Waals surface area (Å²) in [5.41, 5.74) is -0.155. The second-order valence-electron chi connectivity index (χ2n) is 3.68. The summed E-state index contributed by atoms with van der Waals surface area (Å²) in [5.74, 6) is -0.739. The number of alkyl halides is 3. The van der Waals surface area contributed by atoms with Gasteiger partial charge >= 0.3 is 6.18 Å². The molecule has 0 aliphatic rings. The van der Waals surface area contributed by atoms with E-state index in [0.717, 1.165) is 10.8 Å². The van der Waals surface area contributed by atoms with Crippen LogP contribution in [0.15, 0.2) is 18.3 Å². The van der Waals surface area contributed by atoms with Crippen LogP contribution in [-0.2, 0) is 6.54 Å². The zero-order valence-electron chi connectivity index (χ0n) is 9.31. The topological polar surface area (TPSA) is 74.5 Å². The number of carbonyl (C=O) groups is 1. The fourth-order valence-corrected chi connectivity index (χ4v) is 1.32. The summed E-state index contributed by atoms with van der Waals surface area (Å²) in [6.07, 6.45) is -4.41. The first-order valence-electron chi connectivity index (χ1n) is 5.12. The Morgan fingerprint density at radius 1 is 1.50 bits per heavy atom. The molecule has 8 heteroatoms. The number of amides is 1. The van der Waals surface area contributed by atoms with Crippen molar-refractivity contribution in [2.45, 2.75) is 18.8 Å². The summed E-state index contributed by atoms with van der Waals surface area (Å²) in [6.45, 7) is -2.03. The standard InChI is InChI=1S/C10H13F3N2O3/c11-10(12,13)6-15-3-1-2-8(15)9(18)14-4-7(17)5-16/h1-3,7,16-17H,4-6H2,(H,14,18). The lowest BCUT2D eigenvalue weighted by molar-refractivity contribution is -0.140. The van der Waals surface area contributed by atoms with Gasteiger partial charge in [0.15, 0.2) is 0 Å². The third-order valence-corrected chi connectivity index (χ3v) is 2.12. The van der Waals surface area contributed by atoms with Gasteiger partial charge in [0.05, 0.1) is 12.7 Å². The van der Waals surface area contributed by atoms with Crippen molar-refractivity contribution >= 4 is 5.91 Å². The summed E-state index contributed by atoms with van der Waals surface area (Å²) in [5, 5.41) is 19.8. The summed E-state index contributed by atoms with van der Waals surface area (Å²) in [4.78, 5) is 11.5. The van der Waals surface area contributed by atoms with Crippen molar-refractivity contribution in [2.24, 2.45) is 0 Å². The van der Waals surface area contributed by atoms with Crippen molar-refractivity contribution in [3.05, 3.63) is 24.0 Å². The summed E-state index contributed by atoms with van der Waals surface area (Å²) in [7, 11) is 0. The first-order valence-corrected chi connectivity index (χ1v) is 5.12. The van der Waals surface area contributed by atoms with E-state index in [1.807, 2.05) is 0 Å². The molecular weight excluding hydrogens is 253 g/mol. The number of nitrogens with zero attached hydrogens (tertiary/aromatic N) is 1. The number of halogens is 3. The van der Waals surface area contributed by atoms with E-state index < -0.39 is 31.3 Å². The van der Waals surface area contributed by atoms with Gasteiger partial charge in [-0.2, -0.15) is 13.2 Å². The molecule has 0 aromatic carbocycles. The molecule has 0 bridgehead atoms. The lowest BCUT2D eigenvalue weighted by atomic mass is 10.3. The van der Waals surface area contributed by atoms with Crippen molar-refractivity contribution in [3.63, 3.8) is 0 Å². The molecule has 102 valence electrons. The first kappa shape index (κ1) is 14.5. The highest BCUT2D eigenvalue weighted by Gasteiger charge is 2.29. The van der Waals surface area contributed by atoms with Crippen LogP contribution in [0.1, 0.15) is 10.5 Å². The minimum Gasteiger partial charge on any atom is -0.394 e. The van der Waals surface area contributed by atoms with E-state index in [9.17, 15) is 18.0 Å². The van der Waals surface area contributed by atoms with Crippen LogP contribution in [0.4, 0.5) is 13.2 Å². The maximum absolute atomic E-state index is 12.2. The first-order chi connectivity index (χ1) is 8.33. The molecule has 3 N–H and O–H groups in total. The van der Waals surface area contributed by atoms with Gasteiger partial charge in [0.25, 0.3) is 5.91 Å². The molecule has 1 heterocycles. The number of rotatable bonds is 5. The summed E-state index contributed by atoms with van der Waals surface area (Å²) >= 11 is 0. The van der Waals surface area contributed by atoms with Crippen LogP contribution in [0.5, 0.6) is 0 Å². The number of aliphatic hydroxyl groups is 2.